The molecule has 0 aliphatic heterocycles. The topological polar surface area (TPSA) is 46.4 Å². The number of benzene rings is 5. The highest BCUT2D eigenvalue weighted by molar-refractivity contribution is 5.90. The number of hydrogen-bond acceptors (Lipinski definition) is 3. The van der Waals surface area contributed by atoms with Gasteiger partial charge in [0, 0.05) is 35.6 Å². The molecule has 0 N–H and O–H groups in total. The summed E-state index contributed by atoms with van der Waals surface area (Å²) in [6, 6.07) is 42.6. The highest BCUT2D eigenvalue weighted by atomic mass is 16.3. The number of nitrogens with zero attached hydrogens (tertiary/aromatic N) is 2. The summed E-state index contributed by atoms with van der Waals surface area (Å²) in [6.45, 7) is 0. The van der Waals surface area contributed by atoms with Crippen LogP contribution in [0.4, 0.5) is 28.4 Å². The van der Waals surface area contributed by atoms with Crippen LogP contribution in [0.3, 0.4) is 0 Å². The van der Waals surface area contributed by atoms with E-state index in [-0.39, 0.29) is 22.2 Å². The molecule has 0 amide bonds. The van der Waals surface area contributed by atoms with Crippen LogP contribution in [0.1, 0.15) is 0 Å². The number of fused-ring (bicyclic) bond motifs is 1. The second-order valence-corrected chi connectivity index (χ2v) is 8.56. The number of para-hydroxylation sites is 3. The summed E-state index contributed by atoms with van der Waals surface area (Å²) < 4.78 is 1.75. The Balaban J connectivity index is 1.61. The summed E-state index contributed by atoms with van der Waals surface area (Å²) in [4.78, 5) is 15.6. The summed E-state index contributed by atoms with van der Waals surface area (Å²) in [6.07, 6.45) is 0. The Morgan fingerprint density at radius 1 is 0.556 bits per heavy atom. The van der Waals surface area contributed by atoms with Crippen LogP contribution >= 0.6 is 0 Å². The quantitative estimate of drug-likeness (QED) is 0.290. The van der Waals surface area contributed by atoms with Gasteiger partial charge in [-0.3, -0.25) is 4.79 Å². The summed E-state index contributed by atoms with van der Waals surface area (Å²) in [7, 11) is 0. The third kappa shape index (κ3) is 3.65. The molecule has 0 saturated carbocycles. The molecule has 0 spiro atoms. The lowest BCUT2D eigenvalue weighted by Crippen LogP contribution is -2.46. The van der Waals surface area contributed by atoms with Crippen LogP contribution in [0.25, 0.3) is 10.8 Å². The third-order valence-electron chi connectivity index (χ3n) is 6.34. The molecule has 0 heterocycles. The fourth-order valence-electron chi connectivity index (χ4n) is 4.64. The van der Waals surface area contributed by atoms with Crippen molar-refractivity contribution in [2.75, 3.05) is 4.90 Å². The molecular weight excluding hydrogens is 444 g/mol. The Morgan fingerprint density at radius 3 is 1.67 bits per heavy atom. The first kappa shape index (κ1) is 21.6. The minimum Gasteiger partial charge on any atom is -0.866 e. The van der Waals surface area contributed by atoms with Crippen molar-refractivity contribution in [2.24, 2.45) is 0 Å². The molecule has 6 rings (SSSR count). The molecule has 0 aromatic heterocycles. The molecule has 0 fully saturated rings. The smallest absolute Gasteiger partial charge is 0.272 e. The molecule has 6 aromatic rings. The van der Waals surface area contributed by atoms with Crippen molar-refractivity contribution in [1.82, 2.24) is 4.58 Å². The molecular formula is C32H22N2O2. The van der Waals surface area contributed by atoms with Gasteiger partial charge in [0.2, 0.25) is 11.4 Å². The van der Waals surface area contributed by atoms with Crippen LogP contribution in [0.5, 0.6) is 5.75 Å². The Bertz CT molecular complexity index is 1710. The minimum absolute atomic E-state index is 0.142. The van der Waals surface area contributed by atoms with E-state index in [4.69, 9.17) is 0 Å². The van der Waals surface area contributed by atoms with Gasteiger partial charge in [0.05, 0.1) is 5.69 Å². The lowest BCUT2D eigenvalue weighted by molar-refractivity contribution is -0.271. The van der Waals surface area contributed by atoms with E-state index in [0.29, 0.717) is 0 Å². The maximum Gasteiger partial charge on any atom is 0.272 e. The maximum absolute atomic E-state index is 13.8. The second-order valence-electron chi connectivity index (χ2n) is 8.56. The summed E-state index contributed by atoms with van der Waals surface area (Å²) in [5.41, 5.74) is 2.90. The highest BCUT2D eigenvalue weighted by Gasteiger charge is 2.29. The standard InChI is InChI=1S/C32H22N2O2/c35-31-29(33(25-14-4-1-5-15-25)26-16-6-2-7-17-26)32(36)30(31)34(27-18-8-3-9-19-27)28-21-20-23-12-10-11-13-24(23)22-28/h1-22H. The fraction of sp³-hybridized carbons (Fsp3) is 0. The average Bonchev–Trinajstić information content (AvgIpc) is 2.95. The second kappa shape index (κ2) is 9.01. The van der Waals surface area contributed by atoms with Gasteiger partial charge >= 0.3 is 0 Å². The highest BCUT2D eigenvalue weighted by Crippen LogP contribution is 2.37. The Hall–Kier alpha value is -4.96. The molecule has 0 unspecified atom stereocenters. The van der Waals surface area contributed by atoms with Crippen LogP contribution in [0, 0.1) is 0 Å². The van der Waals surface area contributed by atoms with Crippen molar-refractivity contribution in [3.05, 3.63) is 149 Å². The predicted octanol–water partition coefficient (Wildman–Crippen LogP) is 6.05. The zero-order valence-corrected chi connectivity index (χ0v) is 19.4. The molecule has 0 saturated heterocycles. The van der Waals surface area contributed by atoms with Crippen LogP contribution < -0.4 is 25.4 Å². The van der Waals surface area contributed by atoms with E-state index < -0.39 is 0 Å². The first-order valence-electron chi connectivity index (χ1n) is 11.8. The average molecular weight is 467 g/mol. The Morgan fingerprint density at radius 2 is 1.08 bits per heavy atom. The predicted molar refractivity (Wildman–Crippen MR) is 144 cm³/mol. The van der Waals surface area contributed by atoms with Crippen molar-refractivity contribution >= 4 is 39.2 Å². The third-order valence-corrected chi connectivity index (χ3v) is 6.34. The number of anilines is 3. The van der Waals surface area contributed by atoms with Gasteiger partial charge in [0.1, 0.15) is 0 Å². The number of rotatable bonds is 5. The van der Waals surface area contributed by atoms with Crippen molar-refractivity contribution < 1.29 is 5.11 Å². The Labute approximate surface area is 208 Å². The number of hydrogen-bond donors (Lipinski definition) is 0. The lowest BCUT2D eigenvalue weighted by atomic mass is 10.1. The van der Waals surface area contributed by atoms with Crippen molar-refractivity contribution in [1.29, 1.82) is 0 Å². The molecule has 0 bridgehead atoms. The van der Waals surface area contributed by atoms with Gasteiger partial charge in [0.25, 0.3) is 10.8 Å². The fourth-order valence-corrected chi connectivity index (χ4v) is 4.64. The zero-order valence-electron chi connectivity index (χ0n) is 19.4. The monoisotopic (exact) mass is 466 g/mol. The van der Waals surface area contributed by atoms with Crippen LogP contribution in [0.15, 0.2) is 138 Å². The molecule has 0 radical (unpaired) electrons. The largest absolute Gasteiger partial charge is 0.866 e. The minimum atomic E-state index is -0.287. The van der Waals surface area contributed by atoms with E-state index in [1.54, 1.807) is 9.48 Å². The van der Waals surface area contributed by atoms with E-state index in [9.17, 15) is 9.90 Å². The SMILES string of the molecule is O=c1c(N(c2ccccc2)c2ccc3ccccc3c2)c([O-])c1=[N+](c1ccccc1)c1ccccc1. The van der Waals surface area contributed by atoms with E-state index in [1.165, 1.54) is 0 Å². The van der Waals surface area contributed by atoms with Crippen LogP contribution in [-0.2, 0) is 0 Å². The van der Waals surface area contributed by atoms with Gasteiger partial charge in [-0.15, -0.1) is 0 Å². The van der Waals surface area contributed by atoms with Crippen molar-refractivity contribution in [3.8, 4) is 5.75 Å². The molecule has 4 heteroatoms. The van der Waals surface area contributed by atoms with Crippen molar-refractivity contribution in [2.45, 2.75) is 0 Å². The summed E-state index contributed by atoms with van der Waals surface area (Å²) in [5.74, 6) is -0.287. The molecule has 36 heavy (non-hydrogen) atoms. The van der Waals surface area contributed by atoms with Gasteiger partial charge in [0.15, 0.2) is 0 Å². The van der Waals surface area contributed by atoms with Gasteiger partial charge < -0.3 is 10.0 Å². The molecule has 0 aliphatic carbocycles. The van der Waals surface area contributed by atoms with Gasteiger partial charge in [-0.05, 0) is 40.8 Å². The molecule has 0 aliphatic rings. The van der Waals surface area contributed by atoms with Gasteiger partial charge in [-0.25, -0.2) is 0 Å². The van der Waals surface area contributed by atoms with E-state index in [0.717, 1.165) is 33.5 Å². The molecule has 0 atom stereocenters. The van der Waals surface area contributed by atoms with Crippen LogP contribution in [0.2, 0.25) is 0 Å². The normalized spacial score (nSPS) is 11.0. The first-order chi connectivity index (χ1) is 17.7. The Kier molecular flexibility index (Phi) is 5.39. The molecule has 6 aromatic carbocycles. The lowest BCUT2D eigenvalue weighted by Gasteiger charge is -2.30. The van der Waals surface area contributed by atoms with E-state index in [1.807, 2.05) is 133 Å². The summed E-state index contributed by atoms with van der Waals surface area (Å²) >= 11 is 0. The maximum atomic E-state index is 13.8. The van der Waals surface area contributed by atoms with Gasteiger partial charge in [-0.1, -0.05) is 84.9 Å². The van der Waals surface area contributed by atoms with Gasteiger partial charge in [-0.2, -0.15) is 4.58 Å². The zero-order chi connectivity index (χ0) is 24.5. The first-order valence-corrected chi connectivity index (χ1v) is 11.8. The molecule has 4 nitrogen and oxygen atoms in total. The van der Waals surface area contributed by atoms with E-state index >= 15 is 0 Å². The molecule has 172 valence electrons. The van der Waals surface area contributed by atoms with E-state index in [2.05, 4.69) is 0 Å². The summed E-state index contributed by atoms with van der Waals surface area (Å²) in [5, 5.41) is 16.1. The van der Waals surface area contributed by atoms with Crippen molar-refractivity contribution in [3.63, 3.8) is 0 Å². The van der Waals surface area contributed by atoms with Crippen LogP contribution in [-0.4, -0.2) is 0 Å².